The quantitative estimate of drug-likeness (QED) is 0.866. The zero-order valence-corrected chi connectivity index (χ0v) is 13.8. The van der Waals surface area contributed by atoms with Gasteiger partial charge in [-0.1, -0.05) is 30.9 Å². The van der Waals surface area contributed by atoms with Crippen LogP contribution in [-0.4, -0.2) is 40.4 Å². The van der Waals surface area contributed by atoms with Crippen LogP contribution in [0.5, 0.6) is 0 Å². The second kappa shape index (κ2) is 6.60. The molecule has 0 saturated heterocycles. The Morgan fingerprint density at radius 3 is 2.92 bits per heavy atom. The van der Waals surface area contributed by atoms with Crippen LogP contribution in [-0.2, 0) is 11.3 Å². The fraction of sp³-hybridized carbons (Fsp3) is 0.368. The Morgan fingerprint density at radius 2 is 2.29 bits per heavy atom. The standard InChI is InChI=1S/C19H21N3O2/c1-13(10-20)11-22-12-18-16(4-3-5-17(18)19(22)24)15-6-8-21(9-7-15)14(2)23/h3-6,19,24H,1,7-9,11-12H2,2H3. The third-order valence-corrected chi connectivity index (χ3v) is 4.75. The summed E-state index contributed by atoms with van der Waals surface area (Å²) in [5.74, 6) is 0.0974. The van der Waals surface area contributed by atoms with Crippen molar-refractivity contribution in [3.05, 3.63) is 53.1 Å². The minimum Gasteiger partial charge on any atom is -0.374 e. The van der Waals surface area contributed by atoms with Gasteiger partial charge in [0, 0.05) is 44.2 Å². The molecule has 0 aliphatic carbocycles. The van der Waals surface area contributed by atoms with E-state index < -0.39 is 6.23 Å². The van der Waals surface area contributed by atoms with Gasteiger partial charge in [0.2, 0.25) is 5.91 Å². The van der Waals surface area contributed by atoms with E-state index in [1.165, 1.54) is 5.57 Å². The van der Waals surface area contributed by atoms with Gasteiger partial charge in [0.05, 0.1) is 6.07 Å². The third kappa shape index (κ3) is 2.99. The summed E-state index contributed by atoms with van der Waals surface area (Å²) in [5.41, 5.74) is 4.81. The Balaban J connectivity index is 1.86. The average molecular weight is 323 g/mol. The van der Waals surface area contributed by atoms with Crippen molar-refractivity contribution in [1.29, 1.82) is 5.26 Å². The van der Waals surface area contributed by atoms with Crippen molar-refractivity contribution < 1.29 is 9.90 Å². The summed E-state index contributed by atoms with van der Waals surface area (Å²) < 4.78 is 0. The Bertz CT molecular complexity index is 760. The van der Waals surface area contributed by atoms with Gasteiger partial charge in [0.25, 0.3) is 0 Å². The Labute approximate surface area is 142 Å². The molecule has 1 N–H and O–H groups in total. The lowest BCUT2D eigenvalue weighted by Gasteiger charge is -2.26. The lowest BCUT2D eigenvalue weighted by molar-refractivity contribution is -0.128. The molecule has 1 aromatic carbocycles. The van der Waals surface area contributed by atoms with Gasteiger partial charge in [0.1, 0.15) is 6.23 Å². The maximum Gasteiger partial charge on any atom is 0.219 e. The van der Waals surface area contributed by atoms with Crippen LogP contribution in [0.15, 0.2) is 36.4 Å². The summed E-state index contributed by atoms with van der Waals surface area (Å²) in [6.45, 7) is 7.62. The van der Waals surface area contributed by atoms with Crippen molar-refractivity contribution in [2.24, 2.45) is 0 Å². The van der Waals surface area contributed by atoms with Crippen LogP contribution in [0.3, 0.4) is 0 Å². The molecule has 2 heterocycles. The first-order valence-electron chi connectivity index (χ1n) is 8.08. The first-order valence-corrected chi connectivity index (χ1v) is 8.08. The zero-order chi connectivity index (χ0) is 17.3. The van der Waals surface area contributed by atoms with Crippen LogP contribution < -0.4 is 0 Å². The highest BCUT2D eigenvalue weighted by atomic mass is 16.3. The first-order chi connectivity index (χ1) is 11.5. The van der Waals surface area contributed by atoms with Crippen LogP contribution in [0.1, 0.15) is 36.3 Å². The lowest BCUT2D eigenvalue weighted by atomic mass is 9.93. The van der Waals surface area contributed by atoms with Crippen LogP contribution in [0.2, 0.25) is 0 Å². The third-order valence-electron chi connectivity index (χ3n) is 4.75. The second-order valence-corrected chi connectivity index (χ2v) is 6.31. The molecule has 2 aliphatic rings. The second-order valence-electron chi connectivity index (χ2n) is 6.31. The van der Waals surface area contributed by atoms with Crippen molar-refractivity contribution in [1.82, 2.24) is 9.80 Å². The van der Waals surface area contributed by atoms with Crippen LogP contribution in [0.25, 0.3) is 5.57 Å². The summed E-state index contributed by atoms with van der Waals surface area (Å²) in [5, 5.41) is 19.5. The van der Waals surface area contributed by atoms with Crippen molar-refractivity contribution in [2.45, 2.75) is 26.1 Å². The number of fused-ring (bicyclic) bond motifs is 1. The molecule has 5 nitrogen and oxygen atoms in total. The van der Waals surface area contributed by atoms with Crippen LogP contribution in [0, 0.1) is 11.3 Å². The summed E-state index contributed by atoms with van der Waals surface area (Å²) in [4.78, 5) is 15.1. The summed E-state index contributed by atoms with van der Waals surface area (Å²) in [7, 11) is 0. The van der Waals surface area contributed by atoms with E-state index >= 15 is 0 Å². The molecule has 0 spiro atoms. The van der Waals surface area contributed by atoms with Gasteiger partial charge in [-0.2, -0.15) is 5.26 Å². The molecule has 5 heteroatoms. The van der Waals surface area contributed by atoms with Crippen molar-refractivity contribution >= 4 is 11.5 Å². The molecule has 1 atom stereocenters. The van der Waals surface area contributed by atoms with Gasteiger partial charge < -0.3 is 10.0 Å². The largest absolute Gasteiger partial charge is 0.374 e. The molecule has 1 unspecified atom stereocenters. The van der Waals surface area contributed by atoms with Crippen molar-refractivity contribution in [3.63, 3.8) is 0 Å². The molecule has 24 heavy (non-hydrogen) atoms. The van der Waals surface area contributed by atoms with E-state index in [-0.39, 0.29) is 5.91 Å². The SMILES string of the molecule is C=C(C#N)CN1Cc2c(C3=CCN(C(C)=O)CC3)cccc2C1O. The maximum absolute atomic E-state index is 11.5. The van der Waals surface area contributed by atoms with Crippen LogP contribution in [0.4, 0.5) is 0 Å². The molecule has 0 bridgehead atoms. The van der Waals surface area contributed by atoms with E-state index in [1.807, 2.05) is 28.0 Å². The first kappa shape index (κ1) is 16.4. The predicted octanol–water partition coefficient (Wildman–Crippen LogP) is 2.21. The van der Waals surface area contributed by atoms with E-state index in [0.29, 0.717) is 25.2 Å². The van der Waals surface area contributed by atoms with E-state index in [9.17, 15) is 9.90 Å². The summed E-state index contributed by atoms with van der Waals surface area (Å²) in [6, 6.07) is 8.00. The number of nitrogens with zero attached hydrogens (tertiary/aromatic N) is 3. The number of hydrogen-bond donors (Lipinski definition) is 1. The highest BCUT2D eigenvalue weighted by Gasteiger charge is 2.31. The molecule has 3 rings (SSSR count). The number of carbonyl (C=O) groups excluding carboxylic acids is 1. The van der Waals surface area contributed by atoms with Gasteiger partial charge in [0.15, 0.2) is 0 Å². The number of carbonyl (C=O) groups is 1. The highest BCUT2D eigenvalue weighted by Crippen LogP contribution is 2.37. The van der Waals surface area contributed by atoms with Gasteiger partial charge in [-0.25, -0.2) is 0 Å². The topological polar surface area (TPSA) is 67.6 Å². The summed E-state index contributed by atoms with van der Waals surface area (Å²) in [6.07, 6.45) is 2.21. The number of rotatable bonds is 3. The Morgan fingerprint density at radius 1 is 1.50 bits per heavy atom. The molecule has 0 radical (unpaired) electrons. The van der Waals surface area contributed by atoms with E-state index in [0.717, 1.165) is 29.7 Å². The molecular formula is C19H21N3O2. The molecule has 0 saturated carbocycles. The monoisotopic (exact) mass is 323 g/mol. The smallest absolute Gasteiger partial charge is 0.219 e. The van der Waals surface area contributed by atoms with Crippen molar-refractivity contribution in [2.75, 3.05) is 19.6 Å². The molecule has 1 aromatic rings. The van der Waals surface area contributed by atoms with Gasteiger partial charge >= 0.3 is 0 Å². The fourth-order valence-corrected chi connectivity index (χ4v) is 3.43. The minimum absolute atomic E-state index is 0.0974. The fourth-order valence-electron chi connectivity index (χ4n) is 3.43. The molecule has 124 valence electrons. The number of hydrogen-bond acceptors (Lipinski definition) is 4. The van der Waals surface area contributed by atoms with Gasteiger partial charge in [-0.3, -0.25) is 9.69 Å². The lowest BCUT2D eigenvalue weighted by Crippen LogP contribution is -2.32. The molecule has 2 aliphatic heterocycles. The number of amides is 1. The van der Waals surface area contributed by atoms with Crippen molar-refractivity contribution in [3.8, 4) is 6.07 Å². The van der Waals surface area contributed by atoms with Crippen LogP contribution >= 0.6 is 0 Å². The van der Waals surface area contributed by atoms with E-state index in [1.54, 1.807) is 6.92 Å². The molecule has 0 fully saturated rings. The average Bonchev–Trinajstić information content (AvgIpc) is 2.91. The predicted molar refractivity (Wildman–Crippen MR) is 91.4 cm³/mol. The van der Waals surface area contributed by atoms with Gasteiger partial charge in [-0.05, 0) is 23.1 Å². The minimum atomic E-state index is -0.706. The maximum atomic E-state index is 11.5. The van der Waals surface area contributed by atoms with E-state index in [2.05, 4.69) is 18.7 Å². The number of aliphatic hydroxyl groups is 1. The van der Waals surface area contributed by atoms with E-state index in [4.69, 9.17) is 5.26 Å². The van der Waals surface area contributed by atoms with Gasteiger partial charge in [-0.15, -0.1) is 0 Å². The Kier molecular flexibility index (Phi) is 4.52. The summed E-state index contributed by atoms with van der Waals surface area (Å²) >= 11 is 0. The molecule has 1 amide bonds. The highest BCUT2D eigenvalue weighted by molar-refractivity contribution is 5.77. The number of nitriles is 1. The molecular weight excluding hydrogens is 302 g/mol. The molecule has 0 aromatic heterocycles. The number of aliphatic hydroxyl groups excluding tert-OH is 1. The normalized spacial score (nSPS) is 20.3. The number of benzene rings is 1. The Hall–Kier alpha value is -2.42. The zero-order valence-electron chi connectivity index (χ0n) is 13.8.